The van der Waals surface area contributed by atoms with Crippen LogP contribution in [0, 0.1) is 20.8 Å². The summed E-state index contributed by atoms with van der Waals surface area (Å²) >= 11 is 0. The average molecular weight is 359 g/mol. The Hall–Kier alpha value is -2.18. The van der Waals surface area contributed by atoms with Gasteiger partial charge in [0.1, 0.15) is 0 Å². The molecule has 0 atom stereocenters. The monoisotopic (exact) mass is 359 g/mol. The molecule has 0 bridgehead atoms. The number of hydrogen-bond acceptors (Lipinski definition) is 3. The third kappa shape index (κ3) is 3.19. The minimum absolute atomic E-state index is 0.236. The Morgan fingerprint density at radius 2 is 1.68 bits per heavy atom. The van der Waals surface area contributed by atoms with E-state index in [2.05, 4.69) is 0 Å². The number of carbonyl (C=O) groups is 1. The average Bonchev–Trinajstić information content (AvgIpc) is 2.52. The lowest BCUT2D eigenvalue weighted by molar-refractivity contribution is 0.0696. The molecule has 2 aromatic rings. The molecule has 5 nitrogen and oxygen atoms in total. The molecule has 0 saturated heterocycles. The third-order valence-electron chi connectivity index (χ3n) is 4.63. The molecule has 0 aromatic heterocycles. The fourth-order valence-electron chi connectivity index (χ4n) is 3.57. The van der Waals surface area contributed by atoms with Gasteiger partial charge in [-0.05, 0) is 61.6 Å². The molecular formula is C19H21NO4S. The maximum atomic E-state index is 13.2. The van der Waals surface area contributed by atoms with Gasteiger partial charge in [0.15, 0.2) is 0 Å². The van der Waals surface area contributed by atoms with E-state index in [9.17, 15) is 13.2 Å². The summed E-state index contributed by atoms with van der Waals surface area (Å²) in [6, 6.07) is 8.66. The quantitative estimate of drug-likeness (QED) is 0.914. The van der Waals surface area contributed by atoms with Crippen LogP contribution in [0.5, 0.6) is 0 Å². The third-order valence-corrected chi connectivity index (χ3v) is 6.78. The summed E-state index contributed by atoms with van der Waals surface area (Å²) in [4.78, 5) is 11.5. The molecule has 1 N–H and O–H groups in total. The molecule has 1 aliphatic rings. The van der Waals surface area contributed by atoms with Crippen LogP contribution in [0.3, 0.4) is 0 Å². The van der Waals surface area contributed by atoms with E-state index in [1.165, 1.54) is 10.4 Å². The number of sulfonamides is 1. The van der Waals surface area contributed by atoms with Crippen LogP contribution < -0.4 is 0 Å². The largest absolute Gasteiger partial charge is 0.478 e. The predicted molar refractivity (Wildman–Crippen MR) is 95.4 cm³/mol. The number of carboxylic acid groups (broad SMARTS) is 1. The first kappa shape index (κ1) is 17.6. The summed E-state index contributed by atoms with van der Waals surface area (Å²) in [5.41, 5.74) is 4.56. The molecule has 3 rings (SSSR count). The summed E-state index contributed by atoms with van der Waals surface area (Å²) < 4.78 is 27.8. The molecule has 0 spiro atoms. The molecule has 0 amide bonds. The first-order valence-electron chi connectivity index (χ1n) is 8.13. The van der Waals surface area contributed by atoms with E-state index in [4.69, 9.17) is 5.11 Å². The van der Waals surface area contributed by atoms with Crippen molar-refractivity contribution in [2.45, 2.75) is 38.6 Å². The van der Waals surface area contributed by atoms with Crippen LogP contribution in [0.1, 0.15) is 38.2 Å². The second kappa shape index (κ2) is 6.28. The Kier molecular flexibility index (Phi) is 4.43. The lowest BCUT2D eigenvalue weighted by Gasteiger charge is -2.29. The number of benzene rings is 2. The Labute approximate surface area is 148 Å². The van der Waals surface area contributed by atoms with Crippen molar-refractivity contribution in [2.75, 3.05) is 6.54 Å². The van der Waals surface area contributed by atoms with Crippen LogP contribution in [-0.4, -0.2) is 30.3 Å². The lowest BCUT2D eigenvalue weighted by atomic mass is 9.98. The van der Waals surface area contributed by atoms with Gasteiger partial charge in [-0.1, -0.05) is 23.8 Å². The fourth-order valence-corrected chi connectivity index (χ4v) is 5.40. The topological polar surface area (TPSA) is 74.7 Å². The van der Waals surface area contributed by atoms with E-state index < -0.39 is 16.0 Å². The highest BCUT2D eigenvalue weighted by molar-refractivity contribution is 7.89. The van der Waals surface area contributed by atoms with Gasteiger partial charge in [0, 0.05) is 13.1 Å². The molecule has 132 valence electrons. The van der Waals surface area contributed by atoms with Crippen LogP contribution in [0.4, 0.5) is 0 Å². The van der Waals surface area contributed by atoms with Gasteiger partial charge in [0.2, 0.25) is 10.0 Å². The molecule has 1 heterocycles. The lowest BCUT2D eigenvalue weighted by Crippen LogP contribution is -2.36. The number of aryl methyl sites for hydroxylation is 3. The van der Waals surface area contributed by atoms with Crippen molar-refractivity contribution in [3.8, 4) is 0 Å². The van der Waals surface area contributed by atoms with Crippen molar-refractivity contribution in [3.63, 3.8) is 0 Å². The summed E-state index contributed by atoms with van der Waals surface area (Å²) in [5, 5.41) is 9.09. The van der Waals surface area contributed by atoms with Gasteiger partial charge in [0.05, 0.1) is 10.5 Å². The Balaban J connectivity index is 1.97. The SMILES string of the molecule is Cc1cc(C)c(S(=O)(=O)N2CCc3cc(C(=O)O)ccc3C2)c(C)c1. The highest BCUT2D eigenvalue weighted by atomic mass is 32.2. The fraction of sp³-hybridized carbons (Fsp3) is 0.316. The van der Waals surface area contributed by atoms with Crippen LogP contribution in [0.25, 0.3) is 0 Å². The van der Waals surface area contributed by atoms with Gasteiger partial charge in [-0.15, -0.1) is 0 Å². The van der Waals surface area contributed by atoms with E-state index in [0.29, 0.717) is 17.9 Å². The summed E-state index contributed by atoms with van der Waals surface area (Å²) in [6.07, 6.45) is 0.514. The Morgan fingerprint density at radius 3 is 2.28 bits per heavy atom. The van der Waals surface area contributed by atoms with Gasteiger partial charge in [0.25, 0.3) is 0 Å². The number of fused-ring (bicyclic) bond motifs is 1. The molecule has 0 aliphatic carbocycles. The van der Waals surface area contributed by atoms with Crippen LogP contribution >= 0.6 is 0 Å². The zero-order chi connectivity index (χ0) is 18.4. The van der Waals surface area contributed by atoms with E-state index in [0.717, 1.165) is 27.8 Å². The molecule has 0 fully saturated rings. The van der Waals surface area contributed by atoms with Gasteiger partial charge >= 0.3 is 5.97 Å². The van der Waals surface area contributed by atoms with Gasteiger partial charge < -0.3 is 5.11 Å². The zero-order valence-corrected chi connectivity index (χ0v) is 15.4. The maximum absolute atomic E-state index is 13.2. The van der Waals surface area contributed by atoms with Crippen molar-refractivity contribution in [3.05, 3.63) is 63.7 Å². The molecule has 25 heavy (non-hydrogen) atoms. The first-order chi connectivity index (χ1) is 11.7. The van der Waals surface area contributed by atoms with Gasteiger partial charge in [-0.25, -0.2) is 13.2 Å². The first-order valence-corrected chi connectivity index (χ1v) is 9.57. The summed E-state index contributed by atoms with van der Waals surface area (Å²) in [7, 11) is -3.59. The second-order valence-corrected chi connectivity index (χ2v) is 8.48. The van der Waals surface area contributed by atoms with Crippen molar-refractivity contribution < 1.29 is 18.3 Å². The molecule has 6 heteroatoms. The molecule has 0 saturated carbocycles. The van der Waals surface area contributed by atoms with E-state index >= 15 is 0 Å². The molecule has 0 unspecified atom stereocenters. The van der Waals surface area contributed by atoms with Crippen molar-refractivity contribution >= 4 is 16.0 Å². The standard InChI is InChI=1S/C19H21NO4S/c1-12-8-13(2)18(14(3)9-12)25(23,24)20-7-6-15-10-16(19(21)22)4-5-17(15)11-20/h4-5,8-10H,6-7,11H2,1-3H3,(H,21,22). The highest BCUT2D eigenvalue weighted by Crippen LogP contribution is 2.29. The smallest absolute Gasteiger partial charge is 0.335 e. The molecule has 0 radical (unpaired) electrons. The minimum atomic E-state index is -3.59. The van der Waals surface area contributed by atoms with E-state index in [1.807, 2.05) is 32.9 Å². The Bertz CT molecular complexity index is 940. The van der Waals surface area contributed by atoms with Gasteiger partial charge in [-0.2, -0.15) is 4.31 Å². The molecule has 2 aromatic carbocycles. The van der Waals surface area contributed by atoms with E-state index in [1.54, 1.807) is 12.1 Å². The van der Waals surface area contributed by atoms with Crippen LogP contribution in [0.15, 0.2) is 35.2 Å². The molecule has 1 aliphatic heterocycles. The van der Waals surface area contributed by atoms with Gasteiger partial charge in [-0.3, -0.25) is 0 Å². The zero-order valence-electron chi connectivity index (χ0n) is 14.5. The number of aromatic carboxylic acids is 1. The number of rotatable bonds is 3. The van der Waals surface area contributed by atoms with Crippen molar-refractivity contribution in [2.24, 2.45) is 0 Å². The van der Waals surface area contributed by atoms with Crippen molar-refractivity contribution in [1.29, 1.82) is 0 Å². The minimum Gasteiger partial charge on any atom is -0.478 e. The van der Waals surface area contributed by atoms with Crippen LogP contribution in [0.2, 0.25) is 0 Å². The number of carboxylic acids is 1. The number of hydrogen-bond donors (Lipinski definition) is 1. The van der Waals surface area contributed by atoms with E-state index in [-0.39, 0.29) is 12.1 Å². The predicted octanol–water partition coefficient (Wildman–Crippen LogP) is 3.06. The number of nitrogens with zero attached hydrogens (tertiary/aromatic N) is 1. The Morgan fingerprint density at radius 1 is 1.04 bits per heavy atom. The molecular weight excluding hydrogens is 338 g/mol. The maximum Gasteiger partial charge on any atom is 0.335 e. The summed E-state index contributed by atoms with van der Waals surface area (Å²) in [6.45, 7) is 6.22. The second-order valence-electron chi connectivity index (χ2n) is 6.61. The van der Waals surface area contributed by atoms with Crippen molar-refractivity contribution in [1.82, 2.24) is 4.31 Å². The normalized spacial score (nSPS) is 15.0. The van der Waals surface area contributed by atoms with Crippen LogP contribution in [-0.2, 0) is 23.0 Å². The highest BCUT2D eigenvalue weighted by Gasteiger charge is 2.31. The summed E-state index contributed by atoms with van der Waals surface area (Å²) in [5.74, 6) is -0.969.